The summed E-state index contributed by atoms with van der Waals surface area (Å²) < 4.78 is 17.4. The lowest BCUT2D eigenvalue weighted by atomic mass is 9.55. The summed E-state index contributed by atoms with van der Waals surface area (Å²) in [7, 11) is 3.37. The zero-order valence-corrected chi connectivity index (χ0v) is 26.1. The van der Waals surface area contributed by atoms with E-state index in [1.165, 1.54) is 0 Å². The third kappa shape index (κ3) is 5.98. The SMILES string of the molecule is COc1cc(C)c(OC)c(C/C=C(\C)C[C@H](C[C@]2(C)C[C@H]3C(=O)C=CC[C@]2(C)C3(C)C)OC(=O)C(C)(C)C)c1. The number of benzene rings is 1. The van der Waals surface area contributed by atoms with Gasteiger partial charge in [0.15, 0.2) is 5.78 Å². The van der Waals surface area contributed by atoms with Crippen LogP contribution in [0.4, 0.5) is 0 Å². The highest BCUT2D eigenvalue weighted by Crippen LogP contribution is 2.69. The zero-order valence-electron chi connectivity index (χ0n) is 26.1. The number of methoxy groups -OCH3 is 2. The summed E-state index contributed by atoms with van der Waals surface area (Å²) in [5.74, 6) is 1.69. The molecule has 2 aliphatic rings. The maximum atomic E-state index is 13.1. The minimum atomic E-state index is -0.590. The van der Waals surface area contributed by atoms with Crippen molar-refractivity contribution in [1.82, 2.24) is 0 Å². The quantitative estimate of drug-likeness (QED) is 0.237. The molecule has 0 spiro atoms. The van der Waals surface area contributed by atoms with Gasteiger partial charge in [-0.2, -0.15) is 0 Å². The van der Waals surface area contributed by atoms with Crippen LogP contribution in [0.15, 0.2) is 35.9 Å². The Morgan fingerprint density at radius 1 is 1.13 bits per heavy atom. The molecule has 1 fully saturated rings. The molecule has 1 saturated carbocycles. The van der Waals surface area contributed by atoms with Crippen LogP contribution in [-0.4, -0.2) is 32.1 Å². The maximum Gasteiger partial charge on any atom is 0.311 e. The first-order valence-corrected chi connectivity index (χ1v) is 14.3. The maximum absolute atomic E-state index is 13.1. The van der Waals surface area contributed by atoms with Gasteiger partial charge in [-0.05, 0) is 100 Å². The van der Waals surface area contributed by atoms with Crippen LogP contribution in [0, 0.1) is 34.5 Å². The van der Waals surface area contributed by atoms with Gasteiger partial charge in [0.2, 0.25) is 0 Å². The molecule has 0 unspecified atom stereocenters. The van der Waals surface area contributed by atoms with Gasteiger partial charge in [0.1, 0.15) is 17.6 Å². The molecule has 39 heavy (non-hydrogen) atoms. The van der Waals surface area contributed by atoms with Crippen molar-refractivity contribution in [2.75, 3.05) is 14.2 Å². The average Bonchev–Trinajstić information content (AvgIpc) is 2.92. The molecule has 1 aromatic rings. The van der Waals surface area contributed by atoms with Gasteiger partial charge in [0.25, 0.3) is 0 Å². The number of carbonyl (C=O) groups is 2. The second-order valence-corrected chi connectivity index (χ2v) is 14.0. The molecule has 0 N–H and O–H groups in total. The lowest BCUT2D eigenvalue weighted by Crippen LogP contribution is -2.44. The Labute approximate surface area is 236 Å². The molecule has 3 rings (SSSR count). The molecule has 5 heteroatoms. The monoisotopic (exact) mass is 538 g/mol. The van der Waals surface area contributed by atoms with Gasteiger partial charge in [-0.25, -0.2) is 0 Å². The summed E-state index contributed by atoms with van der Waals surface area (Å²) in [5, 5.41) is 0. The van der Waals surface area contributed by atoms with Crippen LogP contribution in [0.1, 0.15) is 92.2 Å². The highest BCUT2D eigenvalue weighted by Gasteiger charge is 2.64. The zero-order chi connectivity index (χ0) is 29.4. The van der Waals surface area contributed by atoms with Gasteiger partial charge >= 0.3 is 5.97 Å². The number of allylic oxidation sites excluding steroid dienone is 3. The van der Waals surface area contributed by atoms with Crippen LogP contribution in [0.2, 0.25) is 0 Å². The van der Waals surface area contributed by atoms with Crippen molar-refractivity contribution in [3.05, 3.63) is 47.1 Å². The highest BCUT2D eigenvalue weighted by atomic mass is 16.5. The van der Waals surface area contributed by atoms with Crippen LogP contribution in [-0.2, 0) is 20.7 Å². The molecule has 2 bridgehead atoms. The van der Waals surface area contributed by atoms with E-state index in [9.17, 15) is 9.59 Å². The molecule has 5 nitrogen and oxygen atoms in total. The number of aryl methyl sites for hydroxylation is 1. The van der Waals surface area contributed by atoms with Crippen LogP contribution in [0.5, 0.6) is 11.5 Å². The van der Waals surface area contributed by atoms with Crippen molar-refractivity contribution in [1.29, 1.82) is 0 Å². The van der Waals surface area contributed by atoms with Crippen molar-refractivity contribution in [2.24, 2.45) is 27.6 Å². The second-order valence-electron chi connectivity index (χ2n) is 14.0. The number of ketones is 1. The number of hydrogen-bond donors (Lipinski definition) is 0. The molecule has 0 heterocycles. The van der Waals surface area contributed by atoms with E-state index in [0.717, 1.165) is 47.5 Å². The van der Waals surface area contributed by atoms with E-state index in [1.54, 1.807) is 20.3 Å². The summed E-state index contributed by atoms with van der Waals surface area (Å²) in [4.78, 5) is 26.1. The molecule has 216 valence electrons. The Balaban J connectivity index is 1.91. The lowest BCUT2D eigenvalue weighted by Gasteiger charge is -2.49. The van der Waals surface area contributed by atoms with Gasteiger partial charge in [-0.3, -0.25) is 9.59 Å². The van der Waals surface area contributed by atoms with E-state index in [0.29, 0.717) is 12.8 Å². The van der Waals surface area contributed by atoms with Gasteiger partial charge in [0, 0.05) is 17.9 Å². The first-order chi connectivity index (χ1) is 18.0. The minimum absolute atomic E-state index is 0.0226. The summed E-state index contributed by atoms with van der Waals surface area (Å²) >= 11 is 0. The van der Waals surface area contributed by atoms with Crippen LogP contribution >= 0.6 is 0 Å². The number of rotatable bonds is 9. The standard InChI is InChI=1S/C34H50O5/c1-22(14-15-24-19-25(37-10)18-23(2)29(24)38-11)17-26(39-30(36)31(3,4)5)20-33(8)21-27-28(35)13-12-16-34(33,9)32(27,6)7/h12-14,18-19,26-27H,15-17,20-21H2,1-11H3/b22-14+/t26-,27+,33-,34-/m1/s1. The number of hydrogen-bond acceptors (Lipinski definition) is 5. The largest absolute Gasteiger partial charge is 0.497 e. The van der Waals surface area contributed by atoms with Gasteiger partial charge < -0.3 is 14.2 Å². The van der Waals surface area contributed by atoms with E-state index in [1.807, 2.05) is 39.8 Å². The van der Waals surface area contributed by atoms with E-state index in [-0.39, 0.29) is 40.0 Å². The Bertz CT molecular complexity index is 1150. The minimum Gasteiger partial charge on any atom is -0.497 e. The summed E-state index contributed by atoms with van der Waals surface area (Å²) in [6.45, 7) is 19.0. The smallest absolute Gasteiger partial charge is 0.311 e. The lowest BCUT2D eigenvalue weighted by molar-refractivity contribution is -0.161. The van der Waals surface area contributed by atoms with E-state index in [4.69, 9.17) is 14.2 Å². The predicted molar refractivity (Wildman–Crippen MR) is 157 cm³/mol. The van der Waals surface area contributed by atoms with Crippen molar-refractivity contribution >= 4 is 11.8 Å². The molecule has 4 atom stereocenters. The fourth-order valence-corrected chi connectivity index (χ4v) is 6.98. The fourth-order valence-electron chi connectivity index (χ4n) is 6.98. The van der Waals surface area contributed by atoms with Gasteiger partial charge in [-0.1, -0.05) is 45.4 Å². The third-order valence-corrected chi connectivity index (χ3v) is 9.98. The number of esters is 1. The van der Waals surface area contributed by atoms with Gasteiger partial charge in [0.05, 0.1) is 19.6 Å². The van der Waals surface area contributed by atoms with E-state index < -0.39 is 5.41 Å². The molecule has 2 aliphatic carbocycles. The van der Waals surface area contributed by atoms with Crippen molar-refractivity contribution in [3.63, 3.8) is 0 Å². The molecule has 1 aromatic carbocycles. The summed E-state index contributed by atoms with van der Waals surface area (Å²) in [6, 6.07) is 3.99. The average molecular weight is 539 g/mol. The van der Waals surface area contributed by atoms with Crippen molar-refractivity contribution < 1.29 is 23.8 Å². The van der Waals surface area contributed by atoms with Crippen LogP contribution in [0.3, 0.4) is 0 Å². The fraction of sp³-hybridized carbons (Fsp3) is 0.647. The Kier molecular flexibility index (Phi) is 8.84. The molecule has 0 radical (unpaired) electrons. The predicted octanol–water partition coefficient (Wildman–Crippen LogP) is 7.83. The second kappa shape index (κ2) is 11.1. The topological polar surface area (TPSA) is 61.8 Å². The third-order valence-electron chi connectivity index (χ3n) is 9.98. The van der Waals surface area contributed by atoms with Crippen molar-refractivity contribution in [2.45, 2.75) is 101 Å². The molecular weight excluding hydrogens is 488 g/mol. The summed E-state index contributed by atoms with van der Waals surface area (Å²) in [5.41, 5.74) is 2.27. The van der Waals surface area contributed by atoms with E-state index in [2.05, 4.69) is 46.8 Å². The molecule has 0 amide bonds. The van der Waals surface area contributed by atoms with Crippen LogP contribution in [0.25, 0.3) is 0 Å². The van der Waals surface area contributed by atoms with Crippen molar-refractivity contribution in [3.8, 4) is 11.5 Å². The number of carbonyl (C=O) groups excluding carboxylic acids is 2. The molecule has 0 saturated heterocycles. The molecular formula is C34H50O5. The Morgan fingerprint density at radius 2 is 1.79 bits per heavy atom. The Hall–Kier alpha value is -2.56. The Morgan fingerprint density at radius 3 is 2.38 bits per heavy atom. The van der Waals surface area contributed by atoms with Crippen LogP contribution < -0.4 is 9.47 Å². The molecule has 0 aromatic heterocycles. The normalized spacial score (nSPS) is 27.2. The molecule has 0 aliphatic heterocycles. The van der Waals surface area contributed by atoms with Gasteiger partial charge in [-0.15, -0.1) is 0 Å². The van der Waals surface area contributed by atoms with E-state index >= 15 is 0 Å². The summed E-state index contributed by atoms with van der Waals surface area (Å²) in [6.07, 6.45) is 9.49. The highest BCUT2D eigenvalue weighted by molar-refractivity contribution is 5.93. The first kappa shape index (κ1) is 31.0. The number of fused-ring (bicyclic) bond motifs is 2. The number of ether oxygens (including phenoxy) is 3. The first-order valence-electron chi connectivity index (χ1n) is 14.3.